The van der Waals surface area contributed by atoms with Crippen molar-refractivity contribution in [1.29, 1.82) is 0 Å². The number of imidazole rings is 1. The quantitative estimate of drug-likeness (QED) is 0.293. The summed E-state index contributed by atoms with van der Waals surface area (Å²) < 4.78 is 10.6. The molecule has 2 aromatic heterocycles. The lowest BCUT2D eigenvalue weighted by Crippen LogP contribution is -2.12. The predicted molar refractivity (Wildman–Crippen MR) is 116 cm³/mol. The molecule has 0 saturated carbocycles. The molecular formula is C20H15BrCl2N2OS. The molecule has 138 valence electrons. The molecule has 2 aromatic carbocycles. The largest absolute Gasteiger partial charge is 0.367 e. The Kier molecular flexibility index (Phi) is 5.85. The van der Waals surface area contributed by atoms with Gasteiger partial charge < -0.3 is 9.30 Å². The van der Waals surface area contributed by atoms with E-state index < -0.39 is 0 Å². The second kappa shape index (κ2) is 8.33. The molecule has 7 heteroatoms. The minimum Gasteiger partial charge on any atom is -0.367 e. The van der Waals surface area contributed by atoms with Crippen LogP contribution in [0.15, 0.2) is 65.0 Å². The van der Waals surface area contributed by atoms with Crippen LogP contribution in [-0.4, -0.2) is 9.55 Å². The molecule has 4 aromatic rings. The highest BCUT2D eigenvalue weighted by Crippen LogP contribution is 2.33. The molecule has 0 aliphatic rings. The van der Waals surface area contributed by atoms with Gasteiger partial charge in [-0.1, -0.05) is 51.3 Å². The highest BCUT2D eigenvalue weighted by molar-refractivity contribution is 9.10. The van der Waals surface area contributed by atoms with Crippen LogP contribution >= 0.6 is 50.5 Å². The van der Waals surface area contributed by atoms with Gasteiger partial charge in [-0.05, 0) is 40.6 Å². The van der Waals surface area contributed by atoms with Crippen LogP contribution in [0.3, 0.4) is 0 Å². The van der Waals surface area contributed by atoms with Gasteiger partial charge in [-0.25, -0.2) is 4.98 Å². The second-order valence-electron chi connectivity index (χ2n) is 6.13. The molecule has 2 heterocycles. The minimum atomic E-state index is -0.214. The van der Waals surface area contributed by atoms with Crippen molar-refractivity contribution in [1.82, 2.24) is 9.55 Å². The molecular weight excluding hydrogens is 467 g/mol. The first-order valence-corrected chi connectivity index (χ1v) is 10.7. The highest BCUT2D eigenvalue weighted by atomic mass is 79.9. The zero-order valence-electron chi connectivity index (χ0n) is 14.1. The maximum absolute atomic E-state index is 6.45. The fourth-order valence-corrected chi connectivity index (χ4v) is 4.98. The summed E-state index contributed by atoms with van der Waals surface area (Å²) in [5, 5.41) is 4.58. The molecule has 3 nitrogen and oxygen atoms in total. The van der Waals surface area contributed by atoms with E-state index in [0.717, 1.165) is 10.0 Å². The van der Waals surface area contributed by atoms with Crippen molar-refractivity contribution < 1.29 is 4.74 Å². The zero-order valence-corrected chi connectivity index (χ0v) is 18.0. The van der Waals surface area contributed by atoms with E-state index in [1.54, 1.807) is 29.9 Å². The molecule has 0 N–H and O–H groups in total. The number of nitrogens with zero attached hydrogens (tertiary/aromatic N) is 2. The lowest BCUT2D eigenvalue weighted by Gasteiger charge is -2.20. The van der Waals surface area contributed by atoms with Crippen LogP contribution in [0.2, 0.25) is 10.0 Å². The van der Waals surface area contributed by atoms with E-state index in [-0.39, 0.29) is 6.10 Å². The first kappa shape index (κ1) is 19.0. The third kappa shape index (κ3) is 4.39. The van der Waals surface area contributed by atoms with Gasteiger partial charge in [0.2, 0.25) is 0 Å². The van der Waals surface area contributed by atoms with E-state index >= 15 is 0 Å². The molecule has 0 fully saturated rings. The van der Waals surface area contributed by atoms with Crippen molar-refractivity contribution in [2.24, 2.45) is 0 Å². The molecule has 0 amide bonds. The van der Waals surface area contributed by atoms with Gasteiger partial charge in [0.25, 0.3) is 0 Å². The van der Waals surface area contributed by atoms with Gasteiger partial charge in [0.05, 0.1) is 19.5 Å². The van der Waals surface area contributed by atoms with Crippen molar-refractivity contribution in [3.63, 3.8) is 0 Å². The Morgan fingerprint density at radius 3 is 2.85 bits per heavy atom. The SMILES string of the molecule is Clc1ccc(C(Cn2ccnc2)OCc2csc3cc(Br)ccc23)c(Cl)c1. The monoisotopic (exact) mass is 480 g/mol. The van der Waals surface area contributed by atoms with Crippen LogP contribution < -0.4 is 0 Å². The number of halogens is 3. The van der Waals surface area contributed by atoms with Gasteiger partial charge in [0.15, 0.2) is 0 Å². The van der Waals surface area contributed by atoms with E-state index in [1.165, 1.54) is 15.6 Å². The lowest BCUT2D eigenvalue weighted by molar-refractivity contribution is 0.0288. The average Bonchev–Trinajstić information content (AvgIpc) is 3.28. The maximum Gasteiger partial charge on any atom is 0.102 e. The van der Waals surface area contributed by atoms with Crippen LogP contribution in [0.4, 0.5) is 0 Å². The van der Waals surface area contributed by atoms with Crippen LogP contribution in [0, 0.1) is 0 Å². The van der Waals surface area contributed by atoms with Crippen LogP contribution in [-0.2, 0) is 17.9 Å². The second-order valence-corrected chi connectivity index (χ2v) is 8.80. The normalized spacial score (nSPS) is 12.6. The fourth-order valence-electron chi connectivity index (χ4n) is 2.95. The summed E-state index contributed by atoms with van der Waals surface area (Å²) in [5.74, 6) is 0. The third-order valence-electron chi connectivity index (χ3n) is 4.30. The number of benzene rings is 2. The highest BCUT2D eigenvalue weighted by Gasteiger charge is 2.18. The van der Waals surface area contributed by atoms with Crippen molar-refractivity contribution in [3.8, 4) is 0 Å². The molecule has 1 unspecified atom stereocenters. The summed E-state index contributed by atoms with van der Waals surface area (Å²) in [4.78, 5) is 4.12. The van der Waals surface area contributed by atoms with Gasteiger partial charge in [0.1, 0.15) is 6.10 Å². The number of thiophene rings is 1. The van der Waals surface area contributed by atoms with Gasteiger partial charge in [0, 0.05) is 37.2 Å². The Hall–Kier alpha value is -1.37. The van der Waals surface area contributed by atoms with Gasteiger partial charge in [-0.15, -0.1) is 11.3 Å². The lowest BCUT2D eigenvalue weighted by atomic mass is 10.1. The van der Waals surface area contributed by atoms with Crippen molar-refractivity contribution >= 4 is 60.6 Å². The number of hydrogen-bond acceptors (Lipinski definition) is 3. The summed E-state index contributed by atoms with van der Waals surface area (Å²) >= 11 is 17.7. The first-order chi connectivity index (χ1) is 13.1. The predicted octanol–water partition coefficient (Wildman–Crippen LogP) is 7.13. The van der Waals surface area contributed by atoms with E-state index in [2.05, 4.69) is 44.5 Å². The Balaban J connectivity index is 1.60. The molecule has 1 atom stereocenters. The number of ether oxygens (including phenoxy) is 1. The van der Waals surface area contributed by atoms with Gasteiger partial charge >= 0.3 is 0 Å². The van der Waals surface area contributed by atoms with E-state index in [4.69, 9.17) is 27.9 Å². The standard InChI is InChI=1S/C20H15BrCl2N2OS/c21-14-1-3-16-13(11-27-20(16)7-14)10-26-19(9-25-6-5-24-12-25)17-4-2-15(22)8-18(17)23/h1-8,11-12,19H,9-10H2. The molecule has 0 aliphatic carbocycles. The summed E-state index contributed by atoms with van der Waals surface area (Å²) in [6, 6.07) is 11.8. The molecule has 0 aliphatic heterocycles. The van der Waals surface area contributed by atoms with Crippen molar-refractivity contribution in [2.75, 3.05) is 0 Å². The topological polar surface area (TPSA) is 27.1 Å². The molecule has 0 radical (unpaired) electrons. The summed E-state index contributed by atoms with van der Waals surface area (Å²) in [6.45, 7) is 1.12. The van der Waals surface area contributed by atoms with E-state index in [9.17, 15) is 0 Å². The number of aromatic nitrogens is 2. The number of rotatable bonds is 6. The van der Waals surface area contributed by atoms with Crippen molar-refractivity contribution in [3.05, 3.63) is 86.1 Å². The Morgan fingerprint density at radius 2 is 2.07 bits per heavy atom. The summed E-state index contributed by atoms with van der Waals surface area (Å²) in [5.41, 5.74) is 2.08. The van der Waals surface area contributed by atoms with Crippen LogP contribution in [0.1, 0.15) is 17.2 Å². The average molecular weight is 482 g/mol. The van der Waals surface area contributed by atoms with Crippen LogP contribution in [0.5, 0.6) is 0 Å². The van der Waals surface area contributed by atoms with Crippen molar-refractivity contribution in [2.45, 2.75) is 19.3 Å². The smallest absolute Gasteiger partial charge is 0.102 e. The minimum absolute atomic E-state index is 0.214. The number of hydrogen-bond donors (Lipinski definition) is 0. The molecule has 0 spiro atoms. The van der Waals surface area contributed by atoms with Gasteiger partial charge in [-0.2, -0.15) is 0 Å². The molecule has 0 saturated heterocycles. The van der Waals surface area contributed by atoms with Crippen LogP contribution in [0.25, 0.3) is 10.1 Å². The fraction of sp³-hybridized carbons (Fsp3) is 0.150. The summed E-state index contributed by atoms with van der Waals surface area (Å²) in [6.07, 6.45) is 5.23. The summed E-state index contributed by atoms with van der Waals surface area (Å²) in [7, 11) is 0. The first-order valence-electron chi connectivity index (χ1n) is 8.28. The third-order valence-corrected chi connectivity index (χ3v) is 6.35. The number of fused-ring (bicyclic) bond motifs is 1. The Morgan fingerprint density at radius 1 is 1.19 bits per heavy atom. The van der Waals surface area contributed by atoms with Gasteiger partial charge in [-0.3, -0.25) is 0 Å². The Bertz CT molecular complexity index is 1070. The maximum atomic E-state index is 6.45. The Labute approximate surface area is 179 Å². The molecule has 27 heavy (non-hydrogen) atoms. The van der Waals surface area contributed by atoms with E-state index in [0.29, 0.717) is 23.2 Å². The molecule has 0 bridgehead atoms. The zero-order chi connectivity index (χ0) is 18.8. The van der Waals surface area contributed by atoms with E-state index in [1.807, 2.05) is 22.9 Å². The molecule has 4 rings (SSSR count).